The Bertz CT molecular complexity index is 1260. The predicted octanol–water partition coefficient (Wildman–Crippen LogP) is 3.96. The quantitative estimate of drug-likeness (QED) is 0.530. The molecule has 0 N–H and O–H groups in total. The molecule has 0 saturated carbocycles. The van der Waals surface area contributed by atoms with Crippen LogP contribution in [0.4, 0.5) is 5.13 Å². The summed E-state index contributed by atoms with van der Waals surface area (Å²) < 4.78 is 5.90. The Balaban J connectivity index is 1.80. The number of aromatic nitrogens is 2. The Morgan fingerprint density at radius 1 is 1.04 bits per heavy atom. The second kappa shape index (κ2) is 6.38. The van der Waals surface area contributed by atoms with E-state index in [1.54, 1.807) is 24.3 Å². The molecule has 3 heterocycles. The molecule has 1 aliphatic heterocycles. The summed E-state index contributed by atoms with van der Waals surface area (Å²) in [7, 11) is 0. The first kappa shape index (κ1) is 16.8. The molecule has 1 aliphatic rings. The third-order valence-corrected chi connectivity index (χ3v) is 5.92. The van der Waals surface area contributed by atoms with Crippen LogP contribution in [0, 0.1) is 0 Å². The number of aryl methyl sites for hydroxylation is 1. The Hall–Kier alpha value is -3.32. The number of nitrogens with zero attached hydrogens (tertiary/aromatic N) is 3. The lowest BCUT2D eigenvalue weighted by molar-refractivity contribution is 0.0970. The van der Waals surface area contributed by atoms with Crippen molar-refractivity contribution in [1.82, 2.24) is 10.2 Å². The van der Waals surface area contributed by atoms with Gasteiger partial charge in [-0.15, -0.1) is 10.2 Å². The number of amides is 1. The maximum absolute atomic E-state index is 13.3. The first-order chi connectivity index (χ1) is 13.7. The molecule has 0 aliphatic carbocycles. The van der Waals surface area contributed by atoms with Gasteiger partial charge in [-0.25, -0.2) is 0 Å². The van der Waals surface area contributed by atoms with Crippen LogP contribution in [0.2, 0.25) is 0 Å². The number of rotatable bonds is 3. The van der Waals surface area contributed by atoms with E-state index < -0.39 is 6.04 Å². The molecule has 4 aromatic rings. The highest BCUT2D eigenvalue weighted by Gasteiger charge is 2.45. The first-order valence-electron chi connectivity index (χ1n) is 8.95. The lowest BCUT2D eigenvalue weighted by Gasteiger charge is -2.21. The van der Waals surface area contributed by atoms with Crippen LogP contribution in [0.15, 0.2) is 63.8 Å². The first-order valence-corrected chi connectivity index (χ1v) is 9.77. The molecule has 1 atom stereocenters. The zero-order valence-corrected chi connectivity index (χ0v) is 15.8. The monoisotopic (exact) mass is 389 g/mol. The van der Waals surface area contributed by atoms with Crippen LogP contribution in [-0.4, -0.2) is 16.1 Å². The molecule has 1 unspecified atom stereocenters. The average molecular weight is 389 g/mol. The van der Waals surface area contributed by atoms with Gasteiger partial charge in [0.1, 0.15) is 10.6 Å². The second-order valence-electron chi connectivity index (χ2n) is 6.49. The second-order valence-corrected chi connectivity index (χ2v) is 7.53. The summed E-state index contributed by atoms with van der Waals surface area (Å²) in [5.74, 6) is -0.295. The van der Waals surface area contributed by atoms with Crippen LogP contribution in [-0.2, 0) is 6.42 Å². The highest BCUT2D eigenvalue weighted by atomic mass is 32.1. The molecule has 5 rings (SSSR count). The zero-order chi connectivity index (χ0) is 19.3. The van der Waals surface area contributed by atoms with Crippen LogP contribution in [0.3, 0.4) is 0 Å². The Labute approximate surface area is 164 Å². The number of anilines is 1. The van der Waals surface area contributed by atoms with Gasteiger partial charge >= 0.3 is 0 Å². The van der Waals surface area contributed by atoms with E-state index >= 15 is 0 Å². The van der Waals surface area contributed by atoms with Crippen molar-refractivity contribution in [3.63, 3.8) is 0 Å². The van der Waals surface area contributed by atoms with Gasteiger partial charge in [-0.05, 0) is 24.1 Å². The molecule has 0 bridgehead atoms. The summed E-state index contributed by atoms with van der Waals surface area (Å²) in [6.07, 6.45) is 0.726. The molecule has 6 nitrogen and oxygen atoms in total. The van der Waals surface area contributed by atoms with Gasteiger partial charge in [0.05, 0.1) is 17.0 Å². The summed E-state index contributed by atoms with van der Waals surface area (Å²) in [4.78, 5) is 28.2. The Morgan fingerprint density at radius 3 is 2.54 bits per heavy atom. The van der Waals surface area contributed by atoms with E-state index in [-0.39, 0.29) is 17.1 Å². The molecule has 2 aromatic heterocycles. The maximum Gasteiger partial charge on any atom is 0.297 e. The Morgan fingerprint density at radius 2 is 1.79 bits per heavy atom. The summed E-state index contributed by atoms with van der Waals surface area (Å²) in [6.45, 7) is 1.98. The zero-order valence-electron chi connectivity index (χ0n) is 15.0. The van der Waals surface area contributed by atoms with Crippen LogP contribution >= 0.6 is 11.3 Å². The summed E-state index contributed by atoms with van der Waals surface area (Å²) >= 11 is 1.35. The lowest BCUT2D eigenvalue weighted by atomic mass is 9.99. The summed E-state index contributed by atoms with van der Waals surface area (Å²) in [5.41, 5.74) is 1.38. The van der Waals surface area contributed by atoms with Crippen molar-refractivity contribution in [3.05, 3.63) is 86.7 Å². The molecule has 0 saturated heterocycles. The third-order valence-electron chi connectivity index (χ3n) is 4.86. The molecule has 0 fully saturated rings. The molecule has 28 heavy (non-hydrogen) atoms. The van der Waals surface area contributed by atoms with Crippen LogP contribution in [0.5, 0.6) is 0 Å². The van der Waals surface area contributed by atoms with Crippen molar-refractivity contribution in [3.8, 4) is 0 Å². The van der Waals surface area contributed by atoms with Crippen molar-refractivity contribution < 1.29 is 9.21 Å². The minimum Gasteiger partial charge on any atom is -0.450 e. The van der Waals surface area contributed by atoms with Gasteiger partial charge in [-0.1, -0.05) is 60.7 Å². The van der Waals surface area contributed by atoms with Crippen LogP contribution < -0.4 is 10.3 Å². The van der Waals surface area contributed by atoms with Crippen LogP contribution in [0.25, 0.3) is 11.0 Å². The number of carbonyl (C=O) groups is 1. The van der Waals surface area contributed by atoms with Gasteiger partial charge in [0, 0.05) is 0 Å². The fourth-order valence-corrected chi connectivity index (χ4v) is 4.36. The van der Waals surface area contributed by atoms with Crippen molar-refractivity contribution in [2.75, 3.05) is 4.90 Å². The summed E-state index contributed by atoms with van der Waals surface area (Å²) in [5, 5.41) is 10.1. The van der Waals surface area contributed by atoms with Crippen molar-refractivity contribution >= 4 is 33.3 Å². The predicted molar refractivity (Wildman–Crippen MR) is 107 cm³/mol. The smallest absolute Gasteiger partial charge is 0.297 e. The minimum absolute atomic E-state index is 0.0748. The van der Waals surface area contributed by atoms with E-state index in [9.17, 15) is 9.59 Å². The standard InChI is InChI=1S/C21H15N3O3S/c1-2-15-22-23-21(28-15)24-17(12-8-4-3-5-9-12)16-18(25)13-10-6-7-11-14(13)27-19(16)20(24)26/h3-11,17H,2H2,1H3. The van der Waals surface area contributed by atoms with E-state index in [1.807, 2.05) is 37.3 Å². The Kier molecular flexibility index (Phi) is 3.84. The van der Waals surface area contributed by atoms with Gasteiger partial charge in [-0.2, -0.15) is 0 Å². The molecular formula is C21H15N3O3S. The molecule has 0 spiro atoms. The fourth-order valence-electron chi connectivity index (χ4n) is 3.55. The van der Waals surface area contributed by atoms with Crippen molar-refractivity contribution in [1.29, 1.82) is 0 Å². The molecule has 2 aromatic carbocycles. The van der Waals surface area contributed by atoms with Gasteiger partial charge in [-0.3, -0.25) is 14.5 Å². The van der Waals surface area contributed by atoms with E-state index in [0.717, 1.165) is 17.0 Å². The SMILES string of the molecule is CCc1nnc(N2C(=O)c3oc4ccccc4c(=O)c3C2c2ccccc2)s1. The van der Waals surface area contributed by atoms with Crippen molar-refractivity contribution in [2.45, 2.75) is 19.4 Å². The number of fused-ring (bicyclic) bond motifs is 2. The highest BCUT2D eigenvalue weighted by molar-refractivity contribution is 7.15. The number of para-hydroxylation sites is 1. The topological polar surface area (TPSA) is 76.3 Å². The van der Waals surface area contributed by atoms with E-state index in [2.05, 4.69) is 10.2 Å². The summed E-state index contributed by atoms with van der Waals surface area (Å²) in [6, 6.07) is 15.9. The van der Waals surface area contributed by atoms with Gasteiger partial charge in [0.2, 0.25) is 10.9 Å². The average Bonchev–Trinajstić information content (AvgIpc) is 3.32. The number of carbonyl (C=O) groups excluding carboxylic acids is 1. The molecule has 1 amide bonds. The minimum atomic E-state index is -0.595. The van der Waals surface area contributed by atoms with Gasteiger partial charge < -0.3 is 4.42 Å². The highest BCUT2D eigenvalue weighted by Crippen LogP contribution is 2.41. The van der Waals surface area contributed by atoms with Crippen LogP contribution in [0.1, 0.15) is 39.7 Å². The molecular weight excluding hydrogens is 374 g/mol. The largest absolute Gasteiger partial charge is 0.450 e. The lowest BCUT2D eigenvalue weighted by Crippen LogP contribution is -2.29. The number of hydrogen-bond donors (Lipinski definition) is 0. The molecule has 7 heteroatoms. The van der Waals surface area contributed by atoms with Gasteiger partial charge in [0.25, 0.3) is 5.91 Å². The number of benzene rings is 2. The van der Waals surface area contributed by atoms with E-state index in [1.165, 1.54) is 16.2 Å². The molecule has 138 valence electrons. The normalized spacial score (nSPS) is 16.0. The van der Waals surface area contributed by atoms with Gasteiger partial charge in [0.15, 0.2) is 5.43 Å². The van der Waals surface area contributed by atoms with E-state index in [0.29, 0.717) is 21.7 Å². The molecule has 0 radical (unpaired) electrons. The third kappa shape index (κ3) is 2.40. The maximum atomic E-state index is 13.3. The number of hydrogen-bond acceptors (Lipinski definition) is 6. The fraction of sp³-hybridized carbons (Fsp3) is 0.143. The van der Waals surface area contributed by atoms with Crippen molar-refractivity contribution in [2.24, 2.45) is 0 Å². The van der Waals surface area contributed by atoms with E-state index in [4.69, 9.17) is 4.42 Å².